The molecular weight excluding hydrogens is 314 g/mol. The van der Waals surface area contributed by atoms with E-state index in [0.717, 1.165) is 30.6 Å². The van der Waals surface area contributed by atoms with Crippen LogP contribution in [0.25, 0.3) is 0 Å². The number of nitrogens with zero attached hydrogens (tertiary/aromatic N) is 1. The number of rotatable bonds is 4. The Morgan fingerprint density at radius 1 is 1.20 bits per heavy atom. The van der Waals surface area contributed by atoms with Crippen LogP contribution in [0, 0.1) is 6.92 Å². The Hall–Kier alpha value is -2.40. The first-order valence-corrected chi connectivity index (χ1v) is 8.78. The number of nitrogens with one attached hydrogen (secondary N) is 2. The van der Waals surface area contributed by atoms with Gasteiger partial charge in [-0.1, -0.05) is 29.8 Å². The van der Waals surface area contributed by atoms with E-state index in [1.54, 1.807) is 12.4 Å². The standard InChI is InChI=1S/C20H25N3O2/c1-14-5-7-17(8-6-14)19-18(4-3-13-25-19)23-20(24)22-15(2)16-9-11-21-12-10-16/h5-12,15,18-19H,3-4,13H2,1-2H3,(H2,22,23,24)/t15-,18+,19-/m0/s1. The Labute approximate surface area is 148 Å². The summed E-state index contributed by atoms with van der Waals surface area (Å²) in [4.78, 5) is 16.4. The number of aromatic nitrogens is 1. The zero-order valence-electron chi connectivity index (χ0n) is 14.7. The molecule has 0 spiro atoms. The third-order valence-electron chi connectivity index (χ3n) is 4.60. The molecule has 0 radical (unpaired) electrons. The fourth-order valence-electron chi connectivity index (χ4n) is 3.16. The van der Waals surface area contributed by atoms with E-state index in [1.165, 1.54) is 5.56 Å². The van der Waals surface area contributed by atoms with Crippen LogP contribution in [-0.4, -0.2) is 23.7 Å². The van der Waals surface area contributed by atoms with Crippen molar-refractivity contribution in [2.75, 3.05) is 6.61 Å². The molecule has 0 unspecified atom stereocenters. The van der Waals surface area contributed by atoms with Gasteiger partial charge in [0.15, 0.2) is 0 Å². The summed E-state index contributed by atoms with van der Waals surface area (Å²) < 4.78 is 5.96. The zero-order valence-corrected chi connectivity index (χ0v) is 14.7. The van der Waals surface area contributed by atoms with Crippen molar-refractivity contribution in [3.05, 3.63) is 65.5 Å². The molecule has 2 heterocycles. The second-order valence-electron chi connectivity index (χ2n) is 6.57. The summed E-state index contributed by atoms with van der Waals surface area (Å²) in [5.41, 5.74) is 3.35. The summed E-state index contributed by atoms with van der Waals surface area (Å²) >= 11 is 0. The van der Waals surface area contributed by atoms with Crippen molar-refractivity contribution in [1.82, 2.24) is 15.6 Å². The van der Waals surface area contributed by atoms with Gasteiger partial charge in [-0.2, -0.15) is 0 Å². The van der Waals surface area contributed by atoms with Gasteiger partial charge in [0.05, 0.1) is 12.1 Å². The van der Waals surface area contributed by atoms with Crippen LogP contribution in [0.2, 0.25) is 0 Å². The largest absolute Gasteiger partial charge is 0.371 e. The van der Waals surface area contributed by atoms with E-state index >= 15 is 0 Å². The normalized spacial score (nSPS) is 21.4. The molecule has 25 heavy (non-hydrogen) atoms. The monoisotopic (exact) mass is 339 g/mol. The lowest BCUT2D eigenvalue weighted by Gasteiger charge is -2.33. The fourth-order valence-corrected chi connectivity index (χ4v) is 3.16. The predicted octanol–water partition coefficient (Wildman–Crippen LogP) is 3.67. The lowest BCUT2D eigenvalue weighted by atomic mass is 9.95. The van der Waals surface area contributed by atoms with E-state index in [2.05, 4.69) is 46.8 Å². The van der Waals surface area contributed by atoms with E-state index in [1.807, 2.05) is 19.1 Å². The van der Waals surface area contributed by atoms with Gasteiger partial charge >= 0.3 is 6.03 Å². The molecule has 1 aromatic carbocycles. The average Bonchev–Trinajstić information content (AvgIpc) is 2.63. The first-order chi connectivity index (χ1) is 12.1. The van der Waals surface area contributed by atoms with Crippen LogP contribution in [-0.2, 0) is 4.74 Å². The molecular formula is C20H25N3O2. The first kappa shape index (κ1) is 17.4. The highest BCUT2D eigenvalue weighted by Gasteiger charge is 2.29. The topological polar surface area (TPSA) is 63.2 Å². The molecule has 5 heteroatoms. The van der Waals surface area contributed by atoms with Gasteiger partial charge in [0, 0.05) is 19.0 Å². The van der Waals surface area contributed by atoms with E-state index in [0.29, 0.717) is 0 Å². The maximum atomic E-state index is 12.4. The minimum Gasteiger partial charge on any atom is -0.371 e. The van der Waals surface area contributed by atoms with Crippen molar-refractivity contribution in [1.29, 1.82) is 0 Å². The quantitative estimate of drug-likeness (QED) is 0.893. The number of carbonyl (C=O) groups excluding carboxylic acids is 1. The lowest BCUT2D eigenvalue weighted by molar-refractivity contribution is -0.00749. The van der Waals surface area contributed by atoms with Crippen molar-refractivity contribution in [2.24, 2.45) is 0 Å². The molecule has 132 valence electrons. The molecule has 2 aromatic rings. The minimum absolute atomic E-state index is 0.0268. The molecule has 1 aliphatic heterocycles. The SMILES string of the molecule is Cc1ccc([C@@H]2OCCC[C@H]2NC(=O)N[C@@H](C)c2ccncc2)cc1. The van der Waals surface area contributed by atoms with Gasteiger partial charge < -0.3 is 15.4 Å². The van der Waals surface area contributed by atoms with Crippen molar-refractivity contribution in [3.8, 4) is 0 Å². The van der Waals surface area contributed by atoms with E-state index in [-0.39, 0.29) is 24.2 Å². The maximum Gasteiger partial charge on any atom is 0.315 e. The summed E-state index contributed by atoms with van der Waals surface area (Å²) in [7, 11) is 0. The van der Waals surface area contributed by atoms with Gasteiger partial charge in [-0.25, -0.2) is 4.79 Å². The Bertz CT molecular complexity index is 688. The van der Waals surface area contributed by atoms with Crippen molar-refractivity contribution in [3.63, 3.8) is 0 Å². The van der Waals surface area contributed by atoms with Gasteiger partial charge in [0.1, 0.15) is 6.10 Å². The molecule has 0 saturated carbocycles. The minimum atomic E-state index is -0.170. The highest BCUT2D eigenvalue weighted by atomic mass is 16.5. The fraction of sp³-hybridized carbons (Fsp3) is 0.400. The number of carbonyl (C=O) groups is 1. The van der Waals surface area contributed by atoms with Gasteiger partial charge in [-0.05, 0) is 49.9 Å². The average molecular weight is 339 g/mol. The summed E-state index contributed by atoms with van der Waals surface area (Å²) in [6.45, 7) is 4.75. The first-order valence-electron chi connectivity index (χ1n) is 8.78. The molecule has 2 N–H and O–H groups in total. The zero-order chi connectivity index (χ0) is 17.6. The predicted molar refractivity (Wildman–Crippen MR) is 97.2 cm³/mol. The van der Waals surface area contributed by atoms with Crippen LogP contribution in [0.4, 0.5) is 4.79 Å². The molecule has 1 saturated heterocycles. The second kappa shape index (κ2) is 8.12. The number of pyridine rings is 1. The Morgan fingerprint density at radius 3 is 2.64 bits per heavy atom. The number of hydrogen-bond acceptors (Lipinski definition) is 3. The highest BCUT2D eigenvalue weighted by molar-refractivity contribution is 5.74. The number of hydrogen-bond donors (Lipinski definition) is 2. The molecule has 1 aromatic heterocycles. The van der Waals surface area contributed by atoms with Gasteiger partial charge in [0.2, 0.25) is 0 Å². The van der Waals surface area contributed by atoms with Crippen LogP contribution in [0.1, 0.15) is 48.6 Å². The Morgan fingerprint density at radius 2 is 1.92 bits per heavy atom. The lowest BCUT2D eigenvalue weighted by Crippen LogP contribution is -2.47. The number of ether oxygens (including phenoxy) is 1. The number of aryl methyl sites for hydroxylation is 1. The van der Waals surface area contributed by atoms with Crippen LogP contribution in [0.3, 0.4) is 0 Å². The molecule has 0 bridgehead atoms. The Kier molecular flexibility index (Phi) is 5.66. The number of amides is 2. The molecule has 3 atom stereocenters. The Balaban J connectivity index is 1.63. The summed E-state index contributed by atoms with van der Waals surface area (Å²) in [5.74, 6) is 0. The van der Waals surface area contributed by atoms with Gasteiger partial charge in [-0.15, -0.1) is 0 Å². The number of benzene rings is 1. The molecule has 1 aliphatic rings. The van der Waals surface area contributed by atoms with Gasteiger partial charge in [-0.3, -0.25) is 4.98 Å². The molecule has 5 nitrogen and oxygen atoms in total. The molecule has 1 fully saturated rings. The van der Waals surface area contributed by atoms with Crippen LogP contribution in [0.15, 0.2) is 48.8 Å². The third kappa shape index (κ3) is 4.57. The number of urea groups is 1. The van der Waals surface area contributed by atoms with Crippen LogP contribution >= 0.6 is 0 Å². The second-order valence-corrected chi connectivity index (χ2v) is 6.57. The summed E-state index contributed by atoms with van der Waals surface area (Å²) in [6, 6.07) is 11.9. The molecule has 0 aliphatic carbocycles. The van der Waals surface area contributed by atoms with E-state index in [9.17, 15) is 4.79 Å². The van der Waals surface area contributed by atoms with Gasteiger partial charge in [0.25, 0.3) is 0 Å². The van der Waals surface area contributed by atoms with Crippen molar-refractivity contribution >= 4 is 6.03 Å². The van der Waals surface area contributed by atoms with E-state index in [4.69, 9.17) is 4.74 Å². The van der Waals surface area contributed by atoms with Crippen molar-refractivity contribution in [2.45, 2.75) is 44.9 Å². The van der Waals surface area contributed by atoms with Crippen LogP contribution < -0.4 is 10.6 Å². The van der Waals surface area contributed by atoms with Crippen LogP contribution in [0.5, 0.6) is 0 Å². The van der Waals surface area contributed by atoms with E-state index < -0.39 is 0 Å². The smallest absolute Gasteiger partial charge is 0.315 e. The van der Waals surface area contributed by atoms with Crippen molar-refractivity contribution < 1.29 is 9.53 Å². The molecule has 3 rings (SSSR count). The third-order valence-corrected chi connectivity index (χ3v) is 4.60. The molecule has 2 amide bonds. The maximum absolute atomic E-state index is 12.4. The highest BCUT2D eigenvalue weighted by Crippen LogP contribution is 2.28. The summed E-state index contributed by atoms with van der Waals surface area (Å²) in [6.07, 6.45) is 5.22. The summed E-state index contributed by atoms with van der Waals surface area (Å²) in [5, 5.41) is 6.08.